The predicted octanol–water partition coefficient (Wildman–Crippen LogP) is 3.78. The molecule has 1 amide bonds. The van der Waals surface area contributed by atoms with Gasteiger partial charge in [-0.15, -0.1) is 0 Å². The summed E-state index contributed by atoms with van der Waals surface area (Å²) in [6.07, 6.45) is 0.0663. The normalized spacial score (nSPS) is 11.7. The van der Waals surface area contributed by atoms with Crippen LogP contribution in [0.3, 0.4) is 0 Å². The van der Waals surface area contributed by atoms with Crippen LogP contribution in [0.15, 0.2) is 42.5 Å². The van der Waals surface area contributed by atoms with E-state index in [-0.39, 0.29) is 12.3 Å². The van der Waals surface area contributed by atoms with Crippen molar-refractivity contribution in [3.63, 3.8) is 0 Å². The van der Waals surface area contributed by atoms with Crippen molar-refractivity contribution in [1.82, 2.24) is 0 Å². The Morgan fingerprint density at radius 3 is 2.40 bits per heavy atom. The van der Waals surface area contributed by atoms with Gasteiger partial charge in [0.15, 0.2) is 24.1 Å². The minimum absolute atomic E-state index is 0.0663. The Morgan fingerprint density at radius 2 is 1.72 bits per heavy atom. The molecule has 0 heterocycles. The Bertz CT molecular complexity index is 766. The number of carbonyl (C=O) groups excluding carboxylic acids is 2. The molecule has 1 atom stereocenters. The maximum atomic E-state index is 13.4. The molecule has 0 saturated heterocycles. The molecular formula is C18H16F3NO3. The van der Waals surface area contributed by atoms with Gasteiger partial charge in [0.2, 0.25) is 0 Å². The van der Waals surface area contributed by atoms with E-state index in [4.69, 9.17) is 4.74 Å². The zero-order valence-corrected chi connectivity index (χ0v) is 13.4. The first-order chi connectivity index (χ1) is 11.9. The highest BCUT2D eigenvalue weighted by Gasteiger charge is 2.17. The van der Waals surface area contributed by atoms with Gasteiger partial charge in [-0.25, -0.2) is 13.2 Å². The molecule has 0 saturated carbocycles. The number of amides is 1. The quantitative estimate of drug-likeness (QED) is 0.637. The molecule has 7 heteroatoms. The van der Waals surface area contributed by atoms with Crippen molar-refractivity contribution in [1.29, 1.82) is 0 Å². The summed E-state index contributed by atoms with van der Waals surface area (Å²) in [6.45, 7) is 1.19. The first-order valence-corrected chi connectivity index (χ1v) is 7.52. The molecule has 0 fully saturated rings. The maximum Gasteiger partial charge on any atom is 0.306 e. The molecule has 0 aliphatic carbocycles. The lowest BCUT2D eigenvalue weighted by Crippen LogP contribution is -2.22. The maximum absolute atomic E-state index is 13.4. The van der Waals surface area contributed by atoms with E-state index in [0.717, 1.165) is 11.6 Å². The molecule has 2 aromatic carbocycles. The van der Waals surface area contributed by atoms with E-state index in [1.165, 1.54) is 0 Å². The van der Waals surface area contributed by atoms with Gasteiger partial charge in [-0.05, 0) is 23.6 Å². The fourth-order valence-corrected chi connectivity index (χ4v) is 2.16. The molecule has 0 radical (unpaired) electrons. The lowest BCUT2D eigenvalue weighted by molar-refractivity contribution is -0.147. The van der Waals surface area contributed by atoms with Gasteiger partial charge in [0.1, 0.15) is 0 Å². The Labute approximate surface area is 142 Å². The minimum Gasteiger partial charge on any atom is -0.456 e. The van der Waals surface area contributed by atoms with Gasteiger partial charge in [-0.2, -0.15) is 0 Å². The van der Waals surface area contributed by atoms with Crippen LogP contribution >= 0.6 is 0 Å². The van der Waals surface area contributed by atoms with Gasteiger partial charge in [0.05, 0.1) is 12.1 Å². The van der Waals surface area contributed by atoms with Gasteiger partial charge >= 0.3 is 5.97 Å². The number of rotatable bonds is 6. The largest absolute Gasteiger partial charge is 0.456 e. The predicted molar refractivity (Wildman–Crippen MR) is 85.4 cm³/mol. The summed E-state index contributed by atoms with van der Waals surface area (Å²) < 4.78 is 44.2. The number of nitrogens with one attached hydrogen (secondary N) is 1. The lowest BCUT2D eigenvalue weighted by atomic mass is 9.98. The molecule has 25 heavy (non-hydrogen) atoms. The number of halogens is 3. The summed E-state index contributed by atoms with van der Waals surface area (Å²) in [5.74, 6) is -6.12. The molecule has 4 nitrogen and oxygen atoms in total. The third kappa shape index (κ3) is 5.07. The van der Waals surface area contributed by atoms with E-state index in [9.17, 15) is 22.8 Å². The number of ether oxygens (including phenoxy) is 1. The number of anilines is 1. The third-order valence-corrected chi connectivity index (χ3v) is 3.51. The fourth-order valence-electron chi connectivity index (χ4n) is 2.16. The summed E-state index contributed by atoms with van der Waals surface area (Å²) in [4.78, 5) is 23.4. The third-order valence-electron chi connectivity index (χ3n) is 3.51. The van der Waals surface area contributed by atoms with Crippen LogP contribution in [0.4, 0.5) is 18.9 Å². The first kappa shape index (κ1) is 18.5. The summed E-state index contributed by atoms with van der Waals surface area (Å²) in [7, 11) is 0. The average Bonchev–Trinajstić information content (AvgIpc) is 2.61. The van der Waals surface area contributed by atoms with E-state index in [1.807, 2.05) is 42.6 Å². The van der Waals surface area contributed by atoms with E-state index in [1.54, 1.807) is 0 Å². The monoisotopic (exact) mass is 351 g/mol. The highest BCUT2D eigenvalue weighted by atomic mass is 19.2. The molecule has 0 spiro atoms. The number of hydrogen-bond donors (Lipinski definition) is 1. The topological polar surface area (TPSA) is 55.4 Å². The van der Waals surface area contributed by atoms with Gasteiger partial charge in [0, 0.05) is 0 Å². The van der Waals surface area contributed by atoms with Crippen molar-refractivity contribution in [2.75, 3.05) is 11.9 Å². The number of benzene rings is 2. The molecule has 0 aromatic heterocycles. The molecule has 0 bridgehead atoms. The van der Waals surface area contributed by atoms with Gasteiger partial charge in [-0.3, -0.25) is 9.59 Å². The van der Waals surface area contributed by atoms with E-state index in [2.05, 4.69) is 0 Å². The van der Waals surface area contributed by atoms with Gasteiger partial charge in [0.25, 0.3) is 5.91 Å². The van der Waals surface area contributed by atoms with Crippen molar-refractivity contribution in [2.24, 2.45) is 0 Å². The van der Waals surface area contributed by atoms with Crippen LogP contribution in [0.2, 0.25) is 0 Å². The minimum atomic E-state index is -1.69. The van der Waals surface area contributed by atoms with Gasteiger partial charge < -0.3 is 10.1 Å². The molecule has 0 aliphatic rings. The molecule has 0 aliphatic heterocycles. The number of hydrogen-bond acceptors (Lipinski definition) is 3. The van der Waals surface area contributed by atoms with E-state index < -0.39 is 41.6 Å². The van der Waals surface area contributed by atoms with Crippen molar-refractivity contribution in [3.8, 4) is 0 Å². The second-order valence-electron chi connectivity index (χ2n) is 5.45. The second-order valence-corrected chi connectivity index (χ2v) is 5.45. The Hall–Kier alpha value is -2.83. The number of carbonyl (C=O) groups is 2. The second kappa shape index (κ2) is 8.32. The van der Waals surface area contributed by atoms with Crippen LogP contribution in [0.1, 0.15) is 24.8 Å². The van der Waals surface area contributed by atoms with Crippen molar-refractivity contribution in [3.05, 3.63) is 65.5 Å². The van der Waals surface area contributed by atoms with Gasteiger partial charge in [-0.1, -0.05) is 37.3 Å². The van der Waals surface area contributed by atoms with E-state index >= 15 is 0 Å². The number of esters is 1. The Balaban J connectivity index is 1.84. The smallest absolute Gasteiger partial charge is 0.306 e. The molecule has 1 unspecified atom stereocenters. The highest BCUT2D eigenvalue weighted by Crippen LogP contribution is 2.20. The lowest BCUT2D eigenvalue weighted by Gasteiger charge is -2.12. The standard InChI is InChI=1S/C18H16F3NO3/c1-11(12-5-3-2-4-6-12)9-16(24)25-10-15(23)22-14-8-7-13(19)17(20)18(14)21/h2-8,11H,9-10H2,1H3,(H,22,23). The average molecular weight is 351 g/mol. The van der Waals surface area contributed by atoms with Crippen molar-refractivity contribution >= 4 is 17.6 Å². The van der Waals surface area contributed by atoms with Crippen LogP contribution in [-0.4, -0.2) is 18.5 Å². The summed E-state index contributed by atoms with van der Waals surface area (Å²) in [5.41, 5.74) is 0.422. The highest BCUT2D eigenvalue weighted by molar-refractivity contribution is 5.92. The summed E-state index contributed by atoms with van der Waals surface area (Å²) >= 11 is 0. The van der Waals surface area contributed by atoms with Crippen LogP contribution in [0, 0.1) is 17.5 Å². The van der Waals surface area contributed by atoms with E-state index in [0.29, 0.717) is 6.07 Å². The summed E-state index contributed by atoms with van der Waals surface area (Å²) in [6, 6.07) is 10.9. The molecule has 2 aromatic rings. The Kier molecular flexibility index (Phi) is 6.16. The SMILES string of the molecule is CC(CC(=O)OCC(=O)Nc1ccc(F)c(F)c1F)c1ccccc1. The molecule has 1 N–H and O–H groups in total. The Morgan fingerprint density at radius 1 is 1.04 bits per heavy atom. The summed E-state index contributed by atoms with van der Waals surface area (Å²) in [5, 5.41) is 2.02. The first-order valence-electron chi connectivity index (χ1n) is 7.52. The molecule has 2 rings (SSSR count). The van der Waals surface area contributed by atoms with Crippen LogP contribution in [-0.2, 0) is 14.3 Å². The zero-order valence-electron chi connectivity index (χ0n) is 13.4. The molecular weight excluding hydrogens is 335 g/mol. The zero-order chi connectivity index (χ0) is 18.4. The molecule has 132 valence electrons. The fraction of sp³-hybridized carbons (Fsp3) is 0.222. The van der Waals surface area contributed by atoms with Crippen molar-refractivity contribution in [2.45, 2.75) is 19.3 Å². The van der Waals surface area contributed by atoms with Crippen LogP contribution in [0.25, 0.3) is 0 Å². The van der Waals surface area contributed by atoms with Crippen LogP contribution < -0.4 is 5.32 Å². The van der Waals surface area contributed by atoms with Crippen LogP contribution in [0.5, 0.6) is 0 Å². The van der Waals surface area contributed by atoms with Crippen molar-refractivity contribution < 1.29 is 27.5 Å².